The molecule has 0 spiro atoms. The van der Waals surface area contributed by atoms with Crippen LogP contribution in [-0.4, -0.2) is 50.3 Å². The van der Waals surface area contributed by atoms with E-state index in [4.69, 9.17) is 0 Å². The molecule has 7 heteroatoms. The van der Waals surface area contributed by atoms with Crippen LogP contribution >= 0.6 is 31.9 Å². The van der Waals surface area contributed by atoms with Crippen molar-refractivity contribution in [3.05, 3.63) is 27.1 Å². The highest BCUT2D eigenvalue weighted by atomic mass is 79.9. The molecule has 0 radical (unpaired) electrons. The summed E-state index contributed by atoms with van der Waals surface area (Å²) in [6, 6.07) is 5.17. The molecule has 0 bridgehead atoms. The Labute approximate surface area is 137 Å². The van der Waals surface area contributed by atoms with Crippen molar-refractivity contribution in [2.75, 3.05) is 32.7 Å². The van der Waals surface area contributed by atoms with Crippen LogP contribution in [0.25, 0.3) is 0 Å². The molecule has 1 heterocycles. The largest absolute Gasteiger partial charge is 0.302 e. The molecule has 1 fully saturated rings. The lowest BCUT2D eigenvalue weighted by atomic mass is 10.4. The van der Waals surface area contributed by atoms with Crippen molar-refractivity contribution >= 4 is 41.9 Å². The van der Waals surface area contributed by atoms with Gasteiger partial charge in [0, 0.05) is 28.6 Å². The fourth-order valence-corrected chi connectivity index (χ4v) is 5.50. The van der Waals surface area contributed by atoms with E-state index in [1.807, 2.05) is 0 Å². The molecule has 0 aliphatic carbocycles. The van der Waals surface area contributed by atoms with Crippen LogP contribution in [0.4, 0.5) is 0 Å². The Bertz CT molecular complexity index is 578. The first kappa shape index (κ1) is 16.4. The Morgan fingerprint density at radius 1 is 1.15 bits per heavy atom. The highest BCUT2D eigenvalue weighted by Crippen LogP contribution is 2.28. The van der Waals surface area contributed by atoms with Gasteiger partial charge >= 0.3 is 0 Å². The van der Waals surface area contributed by atoms with Gasteiger partial charge in [-0.3, -0.25) is 0 Å². The standard InChI is InChI=1S/C13H18Br2N2O2S/c1-2-16-6-3-7-17(9-8-16)20(18,19)13-5-4-11(14)10-12(13)15/h4-5,10H,2-3,6-9H2,1H3. The monoisotopic (exact) mass is 424 g/mol. The summed E-state index contributed by atoms with van der Waals surface area (Å²) in [6.07, 6.45) is 0.876. The van der Waals surface area contributed by atoms with Crippen LogP contribution in [0.15, 0.2) is 32.0 Å². The Morgan fingerprint density at radius 3 is 2.55 bits per heavy atom. The van der Waals surface area contributed by atoms with Gasteiger partial charge in [0.05, 0.1) is 4.90 Å². The van der Waals surface area contributed by atoms with Crippen molar-refractivity contribution in [2.24, 2.45) is 0 Å². The lowest BCUT2D eigenvalue weighted by Gasteiger charge is -2.21. The Kier molecular flexibility index (Phi) is 5.64. The van der Waals surface area contributed by atoms with Crippen molar-refractivity contribution in [3.8, 4) is 0 Å². The van der Waals surface area contributed by atoms with Crippen LogP contribution in [0.5, 0.6) is 0 Å². The van der Waals surface area contributed by atoms with E-state index >= 15 is 0 Å². The van der Waals surface area contributed by atoms with Gasteiger partial charge in [0.2, 0.25) is 10.0 Å². The molecule has 0 unspecified atom stereocenters. The smallest absolute Gasteiger partial charge is 0.244 e. The molecule has 1 aromatic carbocycles. The average molecular weight is 426 g/mol. The van der Waals surface area contributed by atoms with Crippen LogP contribution in [0.3, 0.4) is 0 Å². The SMILES string of the molecule is CCN1CCCN(S(=O)(=O)c2ccc(Br)cc2Br)CC1. The highest BCUT2D eigenvalue weighted by Gasteiger charge is 2.28. The molecular weight excluding hydrogens is 408 g/mol. The molecule has 0 amide bonds. The number of nitrogens with zero attached hydrogens (tertiary/aromatic N) is 2. The molecule has 0 N–H and O–H groups in total. The summed E-state index contributed by atoms with van der Waals surface area (Å²) in [5.41, 5.74) is 0. The van der Waals surface area contributed by atoms with E-state index in [-0.39, 0.29) is 0 Å². The second kappa shape index (κ2) is 6.87. The first-order valence-electron chi connectivity index (χ1n) is 6.62. The minimum Gasteiger partial charge on any atom is -0.302 e. The zero-order valence-corrected chi connectivity index (χ0v) is 15.3. The first-order chi connectivity index (χ1) is 9.45. The second-order valence-corrected chi connectivity index (χ2v) is 8.44. The summed E-state index contributed by atoms with van der Waals surface area (Å²) in [4.78, 5) is 2.62. The van der Waals surface area contributed by atoms with Crippen LogP contribution in [0.2, 0.25) is 0 Å². The molecule has 0 saturated carbocycles. The first-order valence-corrected chi connectivity index (χ1v) is 9.65. The van der Waals surface area contributed by atoms with Gasteiger partial charge in [-0.25, -0.2) is 8.42 Å². The van der Waals surface area contributed by atoms with E-state index in [1.165, 1.54) is 0 Å². The third kappa shape index (κ3) is 3.62. The van der Waals surface area contributed by atoms with Gasteiger partial charge in [-0.15, -0.1) is 0 Å². The van der Waals surface area contributed by atoms with Gasteiger partial charge in [-0.2, -0.15) is 4.31 Å². The lowest BCUT2D eigenvalue weighted by molar-refractivity contribution is 0.302. The molecular formula is C13H18Br2N2O2S. The molecule has 4 nitrogen and oxygen atoms in total. The lowest BCUT2D eigenvalue weighted by Crippen LogP contribution is -2.35. The van der Waals surface area contributed by atoms with Crippen LogP contribution in [-0.2, 0) is 10.0 Å². The van der Waals surface area contributed by atoms with Crippen molar-refractivity contribution in [3.63, 3.8) is 0 Å². The number of hydrogen-bond donors (Lipinski definition) is 0. The third-order valence-corrected chi connectivity index (χ3v) is 6.88. The number of hydrogen-bond acceptors (Lipinski definition) is 3. The molecule has 1 aliphatic rings. The zero-order chi connectivity index (χ0) is 14.8. The summed E-state index contributed by atoms with van der Waals surface area (Å²) >= 11 is 6.69. The maximum Gasteiger partial charge on any atom is 0.244 e. The number of likely N-dealkylation sites (N-methyl/N-ethyl adjacent to an activating group) is 1. The third-order valence-electron chi connectivity index (χ3n) is 3.51. The van der Waals surface area contributed by atoms with E-state index in [9.17, 15) is 8.42 Å². The maximum atomic E-state index is 12.7. The van der Waals surface area contributed by atoms with Gasteiger partial charge in [-0.05, 0) is 53.6 Å². The van der Waals surface area contributed by atoms with Gasteiger partial charge in [0.1, 0.15) is 0 Å². The quantitative estimate of drug-likeness (QED) is 0.747. The predicted octanol–water partition coefficient (Wildman–Crippen LogP) is 2.93. The molecule has 1 aromatic rings. The highest BCUT2D eigenvalue weighted by molar-refractivity contribution is 9.11. The van der Waals surface area contributed by atoms with Crippen molar-refractivity contribution in [1.82, 2.24) is 9.21 Å². The maximum absolute atomic E-state index is 12.7. The van der Waals surface area contributed by atoms with E-state index in [0.29, 0.717) is 22.5 Å². The summed E-state index contributed by atoms with van der Waals surface area (Å²) in [5, 5.41) is 0. The second-order valence-electron chi connectivity index (χ2n) is 4.77. The van der Waals surface area contributed by atoms with E-state index in [0.717, 1.165) is 30.5 Å². The van der Waals surface area contributed by atoms with Gasteiger partial charge in [0.15, 0.2) is 0 Å². The molecule has 20 heavy (non-hydrogen) atoms. The van der Waals surface area contributed by atoms with Crippen LogP contribution in [0, 0.1) is 0 Å². The number of sulfonamides is 1. The van der Waals surface area contributed by atoms with Crippen LogP contribution < -0.4 is 0 Å². The number of halogens is 2. The average Bonchev–Trinajstić information content (AvgIpc) is 2.63. The van der Waals surface area contributed by atoms with Crippen molar-refractivity contribution < 1.29 is 8.42 Å². The van der Waals surface area contributed by atoms with Crippen LogP contribution in [0.1, 0.15) is 13.3 Å². The number of benzene rings is 1. The summed E-state index contributed by atoms with van der Waals surface area (Å²) < 4.78 is 28.5. The van der Waals surface area contributed by atoms with E-state index < -0.39 is 10.0 Å². The molecule has 1 saturated heterocycles. The topological polar surface area (TPSA) is 40.6 Å². The minimum atomic E-state index is -3.43. The minimum absolute atomic E-state index is 0.339. The van der Waals surface area contributed by atoms with E-state index in [1.54, 1.807) is 22.5 Å². The zero-order valence-electron chi connectivity index (χ0n) is 11.3. The summed E-state index contributed by atoms with van der Waals surface area (Å²) in [5.74, 6) is 0. The number of rotatable bonds is 3. The Balaban J connectivity index is 2.25. The molecule has 0 atom stereocenters. The molecule has 0 aromatic heterocycles. The van der Waals surface area contributed by atoms with Gasteiger partial charge in [-0.1, -0.05) is 22.9 Å². The molecule has 2 rings (SSSR count). The Hall–Kier alpha value is 0.0500. The normalized spacial score (nSPS) is 18.9. The summed E-state index contributed by atoms with van der Waals surface area (Å²) in [7, 11) is -3.43. The summed E-state index contributed by atoms with van der Waals surface area (Å²) in [6.45, 7) is 5.97. The fourth-order valence-electron chi connectivity index (χ4n) is 2.33. The molecule has 1 aliphatic heterocycles. The van der Waals surface area contributed by atoms with Crippen molar-refractivity contribution in [2.45, 2.75) is 18.2 Å². The molecule has 112 valence electrons. The van der Waals surface area contributed by atoms with Gasteiger partial charge in [0.25, 0.3) is 0 Å². The van der Waals surface area contributed by atoms with Crippen molar-refractivity contribution in [1.29, 1.82) is 0 Å². The fraction of sp³-hybridized carbons (Fsp3) is 0.538. The van der Waals surface area contributed by atoms with Gasteiger partial charge < -0.3 is 4.90 Å². The van der Waals surface area contributed by atoms with E-state index in [2.05, 4.69) is 43.7 Å². The Morgan fingerprint density at radius 2 is 1.90 bits per heavy atom. The predicted molar refractivity (Wildman–Crippen MR) is 87.3 cm³/mol.